The molecule has 1 saturated carbocycles. The Morgan fingerprint density at radius 1 is 1.14 bits per heavy atom. The highest BCUT2D eigenvalue weighted by Gasteiger charge is 2.44. The Kier molecular flexibility index (Phi) is 3.70. The van der Waals surface area contributed by atoms with Crippen molar-refractivity contribution in [1.29, 1.82) is 0 Å². The van der Waals surface area contributed by atoms with Crippen molar-refractivity contribution in [1.82, 2.24) is 5.32 Å². The molecule has 1 fully saturated rings. The number of amides is 1. The lowest BCUT2D eigenvalue weighted by molar-refractivity contribution is -0.147. The highest BCUT2D eigenvalue weighted by Crippen LogP contribution is 2.34. The van der Waals surface area contributed by atoms with E-state index in [2.05, 4.69) is 11.4 Å². The predicted octanol–water partition coefficient (Wildman–Crippen LogP) is 2.62. The number of fused-ring (bicyclic) bond motifs is 1. The monoisotopic (exact) mass is 287 g/mol. The van der Waals surface area contributed by atoms with Gasteiger partial charge in [0.25, 0.3) is 0 Å². The van der Waals surface area contributed by atoms with Gasteiger partial charge in [-0.2, -0.15) is 0 Å². The maximum Gasteiger partial charge on any atom is 0.329 e. The van der Waals surface area contributed by atoms with E-state index in [1.54, 1.807) is 0 Å². The number of aryl methyl sites for hydroxylation is 1. The summed E-state index contributed by atoms with van der Waals surface area (Å²) in [5.74, 6) is -1.21. The molecule has 1 atom stereocenters. The second-order valence-corrected chi connectivity index (χ2v) is 6.23. The summed E-state index contributed by atoms with van der Waals surface area (Å²) in [7, 11) is 0. The van der Waals surface area contributed by atoms with Gasteiger partial charge in [0.1, 0.15) is 5.54 Å². The fraction of sp³-hybridized carbons (Fsp3) is 0.529. The van der Waals surface area contributed by atoms with Gasteiger partial charge in [0.15, 0.2) is 0 Å². The van der Waals surface area contributed by atoms with Gasteiger partial charge in [0.05, 0.1) is 5.92 Å². The molecule has 112 valence electrons. The number of carboxylic acids is 1. The Hall–Kier alpha value is -1.84. The Bertz CT molecular complexity index is 561. The first-order valence-corrected chi connectivity index (χ1v) is 7.76. The standard InChI is InChI=1S/C17H21NO3/c19-15(18-17(16(20)21)10-3-4-11-17)14-9-5-7-12-6-1-2-8-13(12)14/h1-2,6,8,14H,3-5,7,9-11H2,(H,18,19)(H,20,21). The number of hydrogen-bond donors (Lipinski definition) is 2. The lowest BCUT2D eigenvalue weighted by atomic mass is 9.81. The van der Waals surface area contributed by atoms with Crippen molar-refractivity contribution in [3.8, 4) is 0 Å². The van der Waals surface area contributed by atoms with Gasteiger partial charge < -0.3 is 10.4 Å². The number of carboxylic acid groups (broad SMARTS) is 1. The third kappa shape index (κ3) is 2.55. The van der Waals surface area contributed by atoms with E-state index in [1.165, 1.54) is 5.56 Å². The van der Waals surface area contributed by atoms with Crippen LogP contribution in [0.2, 0.25) is 0 Å². The number of nitrogens with one attached hydrogen (secondary N) is 1. The molecule has 1 aromatic rings. The fourth-order valence-electron chi connectivity index (χ4n) is 3.72. The molecule has 0 aromatic heterocycles. The van der Waals surface area contributed by atoms with E-state index >= 15 is 0 Å². The lowest BCUT2D eigenvalue weighted by Crippen LogP contribution is -2.54. The van der Waals surface area contributed by atoms with Gasteiger partial charge in [0, 0.05) is 0 Å². The topological polar surface area (TPSA) is 66.4 Å². The van der Waals surface area contributed by atoms with Crippen molar-refractivity contribution in [2.45, 2.75) is 56.4 Å². The average Bonchev–Trinajstić information content (AvgIpc) is 2.96. The normalized spacial score (nSPS) is 23.3. The SMILES string of the molecule is O=C(NC1(C(=O)O)CCCC1)C1CCCc2ccccc21. The molecule has 1 unspecified atom stereocenters. The lowest BCUT2D eigenvalue weighted by Gasteiger charge is -2.30. The van der Waals surface area contributed by atoms with Crippen molar-refractivity contribution in [3.05, 3.63) is 35.4 Å². The maximum atomic E-state index is 12.7. The van der Waals surface area contributed by atoms with Crippen LogP contribution in [-0.2, 0) is 16.0 Å². The molecule has 0 aliphatic heterocycles. The summed E-state index contributed by atoms with van der Waals surface area (Å²) in [6.45, 7) is 0. The van der Waals surface area contributed by atoms with Crippen molar-refractivity contribution >= 4 is 11.9 Å². The molecule has 0 saturated heterocycles. The summed E-state index contributed by atoms with van der Waals surface area (Å²) < 4.78 is 0. The minimum absolute atomic E-state index is 0.119. The Labute approximate surface area is 124 Å². The molecule has 1 aromatic carbocycles. The summed E-state index contributed by atoms with van der Waals surface area (Å²) in [6.07, 6.45) is 5.62. The van der Waals surface area contributed by atoms with Crippen LogP contribution < -0.4 is 5.32 Å². The molecular weight excluding hydrogens is 266 g/mol. The van der Waals surface area contributed by atoms with E-state index in [9.17, 15) is 14.7 Å². The number of carbonyl (C=O) groups is 2. The number of rotatable bonds is 3. The smallest absolute Gasteiger partial charge is 0.329 e. The van der Waals surface area contributed by atoms with Crippen LogP contribution in [0.4, 0.5) is 0 Å². The summed E-state index contributed by atoms with van der Waals surface area (Å²) in [6, 6.07) is 8.01. The highest BCUT2D eigenvalue weighted by molar-refractivity contribution is 5.91. The van der Waals surface area contributed by atoms with E-state index in [-0.39, 0.29) is 11.8 Å². The highest BCUT2D eigenvalue weighted by atomic mass is 16.4. The molecule has 1 amide bonds. The van der Waals surface area contributed by atoms with Gasteiger partial charge in [-0.25, -0.2) is 4.79 Å². The van der Waals surface area contributed by atoms with Crippen LogP contribution in [0.15, 0.2) is 24.3 Å². The molecule has 4 heteroatoms. The zero-order valence-electron chi connectivity index (χ0n) is 12.1. The van der Waals surface area contributed by atoms with E-state index < -0.39 is 11.5 Å². The number of benzene rings is 1. The molecular formula is C17H21NO3. The summed E-state index contributed by atoms with van der Waals surface area (Å²) in [5.41, 5.74) is 1.25. The number of aliphatic carboxylic acids is 1. The summed E-state index contributed by atoms with van der Waals surface area (Å²) in [5, 5.41) is 12.4. The molecule has 0 heterocycles. The van der Waals surface area contributed by atoms with Crippen LogP contribution in [0, 0.1) is 0 Å². The number of carbonyl (C=O) groups excluding carboxylic acids is 1. The van der Waals surface area contributed by atoms with Crippen LogP contribution in [0.3, 0.4) is 0 Å². The van der Waals surface area contributed by atoms with Gasteiger partial charge in [-0.05, 0) is 43.2 Å². The van der Waals surface area contributed by atoms with Crippen molar-refractivity contribution in [3.63, 3.8) is 0 Å². The summed E-state index contributed by atoms with van der Waals surface area (Å²) >= 11 is 0. The van der Waals surface area contributed by atoms with Crippen LogP contribution in [0.25, 0.3) is 0 Å². The molecule has 3 rings (SSSR count). The molecule has 2 N–H and O–H groups in total. The van der Waals surface area contributed by atoms with E-state index in [0.717, 1.165) is 37.7 Å². The van der Waals surface area contributed by atoms with Gasteiger partial charge in [0.2, 0.25) is 5.91 Å². The fourth-order valence-corrected chi connectivity index (χ4v) is 3.72. The Morgan fingerprint density at radius 2 is 1.86 bits per heavy atom. The first-order chi connectivity index (χ1) is 10.1. The maximum absolute atomic E-state index is 12.7. The average molecular weight is 287 g/mol. The van der Waals surface area contributed by atoms with Crippen LogP contribution in [-0.4, -0.2) is 22.5 Å². The van der Waals surface area contributed by atoms with Crippen LogP contribution in [0.1, 0.15) is 55.6 Å². The molecule has 21 heavy (non-hydrogen) atoms. The second-order valence-electron chi connectivity index (χ2n) is 6.23. The van der Waals surface area contributed by atoms with Gasteiger partial charge >= 0.3 is 5.97 Å². The Morgan fingerprint density at radius 3 is 2.57 bits per heavy atom. The van der Waals surface area contributed by atoms with Crippen molar-refractivity contribution in [2.24, 2.45) is 0 Å². The molecule has 4 nitrogen and oxygen atoms in total. The molecule has 0 radical (unpaired) electrons. The quantitative estimate of drug-likeness (QED) is 0.898. The van der Waals surface area contributed by atoms with E-state index in [4.69, 9.17) is 0 Å². The first kappa shape index (κ1) is 14.1. The first-order valence-electron chi connectivity index (χ1n) is 7.76. The number of hydrogen-bond acceptors (Lipinski definition) is 2. The summed E-state index contributed by atoms with van der Waals surface area (Å²) in [4.78, 5) is 24.2. The molecule has 0 spiro atoms. The zero-order chi connectivity index (χ0) is 14.9. The van der Waals surface area contributed by atoms with Crippen LogP contribution in [0.5, 0.6) is 0 Å². The third-order valence-electron chi connectivity index (χ3n) is 4.91. The second kappa shape index (κ2) is 5.51. The molecule has 2 aliphatic carbocycles. The van der Waals surface area contributed by atoms with Gasteiger partial charge in [-0.1, -0.05) is 37.1 Å². The molecule has 0 bridgehead atoms. The van der Waals surface area contributed by atoms with Gasteiger partial charge in [-0.15, -0.1) is 0 Å². The van der Waals surface area contributed by atoms with Gasteiger partial charge in [-0.3, -0.25) is 4.79 Å². The molecule has 2 aliphatic rings. The largest absolute Gasteiger partial charge is 0.480 e. The van der Waals surface area contributed by atoms with E-state index in [1.807, 2.05) is 18.2 Å². The van der Waals surface area contributed by atoms with Crippen LogP contribution >= 0.6 is 0 Å². The minimum Gasteiger partial charge on any atom is -0.480 e. The van der Waals surface area contributed by atoms with Crippen molar-refractivity contribution in [2.75, 3.05) is 0 Å². The van der Waals surface area contributed by atoms with Crippen molar-refractivity contribution < 1.29 is 14.7 Å². The third-order valence-corrected chi connectivity index (χ3v) is 4.91. The zero-order valence-corrected chi connectivity index (χ0v) is 12.1. The van der Waals surface area contributed by atoms with E-state index in [0.29, 0.717) is 12.8 Å². The Balaban J connectivity index is 1.82. The minimum atomic E-state index is -1.04. The predicted molar refractivity (Wildman–Crippen MR) is 79.1 cm³/mol.